The number of aromatic nitrogens is 1. The van der Waals surface area contributed by atoms with Gasteiger partial charge in [0.05, 0.1) is 0 Å². The minimum absolute atomic E-state index is 0.554. The molecule has 0 spiro atoms. The molecule has 104 valence electrons. The Labute approximate surface area is 119 Å². The Bertz CT molecular complexity index is 538. The SMILES string of the molecule is c1cncc(COc2cccc(N3CCNCC3)c2)c1. The molecule has 0 atom stereocenters. The Hall–Kier alpha value is -2.07. The van der Waals surface area contributed by atoms with E-state index in [2.05, 4.69) is 33.4 Å². The Kier molecular flexibility index (Phi) is 4.13. The van der Waals surface area contributed by atoms with Crippen molar-refractivity contribution in [1.82, 2.24) is 10.3 Å². The van der Waals surface area contributed by atoms with Crippen LogP contribution in [0.5, 0.6) is 5.75 Å². The van der Waals surface area contributed by atoms with Crippen LogP contribution in [0, 0.1) is 0 Å². The molecule has 0 saturated carbocycles. The van der Waals surface area contributed by atoms with E-state index in [0.29, 0.717) is 6.61 Å². The molecule has 0 amide bonds. The fraction of sp³-hybridized carbons (Fsp3) is 0.312. The molecule has 4 heteroatoms. The Morgan fingerprint density at radius 3 is 2.85 bits per heavy atom. The van der Waals surface area contributed by atoms with Crippen LogP contribution in [0.4, 0.5) is 5.69 Å². The van der Waals surface area contributed by atoms with E-state index in [9.17, 15) is 0 Å². The van der Waals surface area contributed by atoms with E-state index in [-0.39, 0.29) is 0 Å². The summed E-state index contributed by atoms with van der Waals surface area (Å²) in [6.45, 7) is 4.73. The van der Waals surface area contributed by atoms with E-state index in [1.165, 1.54) is 5.69 Å². The number of benzene rings is 1. The topological polar surface area (TPSA) is 37.4 Å². The number of pyridine rings is 1. The van der Waals surface area contributed by atoms with Gasteiger partial charge < -0.3 is 15.0 Å². The lowest BCUT2D eigenvalue weighted by atomic mass is 10.2. The molecule has 1 aliphatic heterocycles. The number of nitrogens with one attached hydrogen (secondary N) is 1. The van der Waals surface area contributed by atoms with Gasteiger partial charge in [-0.25, -0.2) is 0 Å². The van der Waals surface area contributed by atoms with E-state index >= 15 is 0 Å². The van der Waals surface area contributed by atoms with Gasteiger partial charge in [0, 0.05) is 55.9 Å². The van der Waals surface area contributed by atoms with Crippen LogP contribution in [0.2, 0.25) is 0 Å². The number of ether oxygens (including phenoxy) is 1. The fourth-order valence-electron chi connectivity index (χ4n) is 2.34. The van der Waals surface area contributed by atoms with Gasteiger partial charge in [-0.3, -0.25) is 4.98 Å². The molecule has 0 bridgehead atoms. The second kappa shape index (κ2) is 6.39. The van der Waals surface area contributed by atoms with Crippen LogP contribution < -0.4 is 15.0 Å². The summed E-state index contributed by atoms with van der Waals surface area (Å²) < 4.78 is 5.84. The average Bonchev–Trinajstić information content (AvgIpc) is 2.55. The van der Waals surface area contributed by atoms with Crippen LogP contribution in [0.3, 0.4) is 0 Å². The van der Waals surface area contributed by atoms with Crippen LogP contribution in [-0.4, -0.2) is 31.2 Å². The smallest absolute Gasteiger partial charge is 0.121 e. The first-order valence-electron chi connectivity index (χ1n) is 6.99. The third-order valence-corrected chi connectivity index (χ3v) is 3.43. The average molecular weight is 269 g/mol. The van der Waals surface area contributed by atoms with Gasteiger partial charge in [-0.05, 0) is 18.2 Å². The molecule has 3 rings (SSSR count). The van der Waals surface area contributed by atoms with Crippen LogP contribution in [0.1, 0.15) is 5.56 Å². The summed E-state index contributed by atoms with van der Waals surface area (Å²) in [5, 5.41) is 3.37. The summed E-state index contributed by atoms with van der Waals surface area (Å²) in [5.74, 6) is 0.907. The van der Waals surface area contributed by atoms with E-state index in [4.69, 9.17) is 4.74 Å². The summed E-state index contributed by atoms with van der Waals surface area (Å²) in [6, 6.07) is 12.3. The van der Waals surface area contributed by atoms with Crippen molar-refractivity contribution in [2.75, 3.05) is 31.1 Å². The van der Waals surface area contributed by atoms with Crippen molar-refractivity contribution < 1.29 is 4.74 Å². The van der Waals surface area contributed by atoms with Gasteiger partial charge in [0.25, 0.3) is 0 Å². The summed E-state index contributed by atoms with van der Waals surface area (Å²) in [4.78, 5) is 6.48. The molecule has 2 aromatic rings. The minimum atomic E-state index is 0.554. The predicted octanol–water partition coefficient (Wildman–Crippen LogP) is 2.07. The second-order valence-corrected chi connectivity index (χ2v) is 4.88. The molecule has 0 aliphatic carbocycles. The van der Waals surface area contributed by atoms with E-state index < -0.39 is 0 Å². The highest BCUT2D eigenvalue weighted by molar-refractivity contribution is 5.51. The van der Waals surface area contributed by atoms with Gasteiger partial charge in [0.15, 0.2) is 0 Å². The highest BCUT2D eigenvalue weighted by Gasteiger charge is 2.10. The zero-order chi connectivity index (χ0) is 13.6. The van der Waals surface area contributed by atoms with Crippen LogP contribution >= 0.6 is 0 Å². The molecule has 1 fully saturated rings. The van der Waals surface area contributed by atoms with Crippen molar-refractivity contribution >= 4 is 5.69 Å². The summed E-state index contributed by atoms with van der Waals surface area (Å²) >= 11 is 0. The standard InChI is InChI=1S/C16H19N3O/c1-4-15(19-9-7-17-8-10-19)11-16(5-1)20-13-14-3-2-6-18-12-14/h1-6,11-12,17H,7-10,13H2. The van der Waals surface area contributed by atoms with Crippen LogP contribution in [0.25, 0.3) is 0 Å². The molecule has 20 heavy (non-hydrogen) atoms. The molecule has 4 nitrogen and oxygen atoms in total. The lowest BCUT2D eigenvalue weighted by Crippen LogP contribution is -2.43. The van der Waals surface area contributed by atoms with Crippen LogP contribution in [-0.2, 0) is 6.61 Å². The maximum atomic E-state index is 5.84. The number of rotatable bonds is 4. The monoisotopic (exact) mass is 269 g/mol. The van der Waals surface area contributed by atoms with Gasteiger partial charge in [0.1, 0.15) is 12.4 Å². The predicted molar refractivity (Wildman–Crippen MR) is 80.1 cm³/mol. The minimum Gasteiger partial charge on any atom is -0.489 e. The summed E-state index contributed by atoms with van der Waals surface area (Å²) in [7, 11) is 0. The molecule has 1 aliphatic rings. The molecule has 0 radical (unpaired) electrons. The molecule has 0 unspecified atom stereocenters. The highest BCUT2D eigenvalue weighted by Crippen LogP contribution is 2.22. The van der Waals surface area contributed by atoms with Gasteiger partial charge in [0.2, 0.25) is 0 Å². The zero-order valence-electron chi connectivity index (χ0n) is 11.5. The number of piperazine rings is 1. The number of nitrogens with zero attached hydrogens (tertiary/aromatic N) is 2. The van der Waals surface area contributed by atoms with Crippen molar-refractivity contribution in [3.8, 4) is 5.75 Å². The van der Waals surface area contributed by atoms with Crippen molar-refractivity contribution in [3.05, 3.63) is 54.4 Å². The molecule has 2 heterocycles. The Morgan fingerprint density at radius 2 is 2.05 bits per heavy atom. The fourth-order valence-corrected chi connectivity index (χ4v) is 2.34. The third-order valence-electron chi connectivity index (χ3n) is 3.43. The van der Waals surface area contributed by atoms with Crippen molar-refractivity contribution in [3.63, 3.8) is 0 Å². The van der Waals surface area contributed by atoms with Crippen molar-refractivity contribution in [1.29, 1.82) is 0 Å². The molecular weight excluding hydrogens is 250 g/mol. The van der Waals surface area contributed by atoms with E-state index in [1.54, 1.807) is 6.20 Å². The zero-order valence-corrected chi connectivity index (χ0v) is 11.5. The van der Waals surface area contributed by atoms with Gasteiger partial charge in [-0.15, -0.1) is 0 Å². The van der Waals surface area contributed by atoms with Crippen molar-refractivity contribution in [2.24, 2.45) is 0 Å². The van der Waals surface area contributed by atoms with E-state index in [0.717, 1.165) is 37.5 Å². The van der Waals surface area contributed by atoms with Crippen LogP contribution in [0.15, 0.2) is 48.8 Å². The number of anilines is 1. The summed E-state index contributed by atoms with van der Waals surface area (Å²) in [5.41, 5.74) is 2.32. The molecule has 1 aromatic carbocycles. The quantitative estimate of drug-likeness (QED) is 0.922. The first kappa shape index (κ1) is 12.9. The molecule has 1 aromatic heterocycles. The second-order valence-electron chi connectivity index (χ2n) is 4.88. The Morgan fingerprint density at radius 1 is 1.15 bits per heavy atom. The van der Waals surface area contributed by atoms with Gasteiger partial charge in [-0.1, -0.05) is 12.1 Å². The lowest BCUT2D eigenvalue weighted by molar-refractivity contribution is 0.306. The van der Waals surface area contributed by atoms with E-state index in [1.807, 2.05) is 24.4 Å². The molecule has 1 N–H and O–H groups in total. The first-order chi connectivity index (χ1) is 9.92. The number of hydrogen-bond donors (Lipinski definition) is 1. The molecular formula is C16H19N3O. The third kappa shape index (κ3) is 3.27. The highest BCUT2D eigenvalue weighted by atomic mass is 16.5. The number of hydrogen-bond acceptors (Lipinski definition) is 4. The summed E-state index contributed by atoms with van der Waals surface area (Å²) in [6.07, 6.45) is 3.61. The van der Waals surface area contributed by atoms with Gasteiger partial charge in [-0.2, -0.15) is 0 Å². The van der Waals surface area contributed by atoms with Crippen molar-refractivity contribution in [2.45, 2.75) is 6.61 Å². The Balaban J connectivity index is 1.65. The maximum absolute atomic E-state index is 5.84. The first-order valence-corrected chi connectivity index (χ1v) is 6.99. The normalized spacial score (nSPS) is 15.1. The largest absolute Gasteiger partial charge is 0.489 e. The molecule has 1 saturated heterocycles. The maximum Gasteiger partial charge on any atom is 0.121 e. The van der Waals surface area contributed by atoms with Gasteiger partial charge >= 0.3 is 0 Å². The lowest BCUT2D eigenvalue weighted by Gasteiger charge is -2.29.